The molecule has 0 fully saturated rings. The van der Waals surface area contributed by atoms with Gasteiger partial charge in [0.15, 0.2) is 11.5 Å². The molecule has 0 amide bonds. The summed E-state index contributed by atoms with van der Waals surface area (Å²) in [5, 5.41) is 8.19. The molecule has 2 rings (SSSR count). The second-order valence-corrected chi connectivity index (χ2v) is 6.25. The van der Waals surface area contributed by atoms with Crippen molar-refractivity contribution in [3.63, 3.8) is 0 Å². The lowest BCUT2D eigenvalue weighted by Crippen LogP contribution is -2.23. The fraction of sp³-hybridized carbons (Fsp3) is 0.529. The average Bonchev–Trinajstić information content (AvgIpc) is 3.05. The van der Waals surface area contributed by atoms with E-state index in [-0.39, 0.29) is 12.1 Å². The first kappa shape index (κ1) is 18.5. The monoisotopic (exact) mass is 352 g/mol. The Balaban J connectivity index is 2.02. The van der Waals surface area contributed by atoms with Crippen molar-refractivity contribution in [2.75, 3.05) is 13.2 Å². The van der Waals surface area contributed by atoms with E-state index in [0.29, 0.717) is 23.9 Å². The molecule has 0 aliphatic rings. The number of rotatable bonds is 9. The SMILES string of the molecule is CCOc1cc(CNC[C@@H](C)n2cncn2)c(Cl)cc1OC(C)C. The van der Waals surface area contributed by atoms with Gasteiger partial charge >= 0.3 is 0 Å². The summed E-state index contributed by atoms with van der Waals surface area (Å²) >= 11 is 6.40. The molecule has 1 heterocycles. The van der Waals surface area contributed by atoms with Crippen molar-refractivity contribution in [1.29, 1.82) is 0 Å². The summed E-state index contributed by atoms with van der Waals surface area (Å²) in [5.74, 6) is 1.40. The molecule has 132 valence electrons. The van der Waals surface area contributed by atoms with Crippen LogP contribution in [0.5, 0.6) is 11.5 Å². The minimum absolute atomic E-state index is 0.0628. The van der Waals surface area contributed by atoms with Gasteiger partial charge in [0.25, 0.3) is 0 Å². The van der Waals surface area contributed by atoms with Gasteiger partial charge in [0, 0.05) is 24.2 Å². The van der Waals surface area contributed by atoms with Crippen LogP contribution in [0.1, 0.15) is 39.3 Å². The third-order valence-corrected chi connectivity index (χ3v) is 3.77. The number of nitrogens with zero attached hydrogens (tertiary/aromatic N) is 3. The van der Waals surface area contributed by atoms with Crippen LogP contribution in [0, 0.1) is 0 Å². The zero-order valence-electron chi connectivity index (χ0n) is 14.6. The summed E-state index contributed by atoms with van der Waals surface area (Å²) in [6.07, 6.45) is 3.31. The van der Waals surface area contributed by atoms with Crippen molar-refractivity contribution in [3.05, 3.63) is 35.4 Å². The van der Waals surface area contributed by atoms with E-state index < -0.39 is 0 Å². The lowest BCUT2D eigenvalue weighted by molar-refractivity contribution is 0.223. The van der Waals surface area contributed by atoms with Crippen LogP contribution >= 0.6 is 11.6 Å². The Hall–Kier alpha value is -1.79. The fourth-order valence-electron chi connectivity index (χ4n) is 2.28. The smallest absolute Gasteiger partial charge is 0.163 e. The van der Waals surface area contributed by atoms with Crippen molar-refractivity contribution >= 4 is 11.6 Å². The van der Waals surface area contributed by atoms with Crippen LogP contribution in [0.2, 0.25) is 5.02 Å². The van der Waals surface area contributed by atoms with Gasteiger partial charge in [-0.15, -0.1) is 0 Å². The Morgan fingerprint density at radius 2 is 2.04 bits per heavy atom. The van der Waals surface area contributed by atoms with Crippen LogP contribution in [0.3, 0.4) is 0 Å². The largest absolute Gasteiger partial charge is 0.490 e. The molecule has 2 aromatic rings. The summed E-state index contributed by atoms with van der Waals surface area (Å²) in [4.78, 5) is 3.96. The molecule has 0 aliphatic heterocycles. The molecule has 1 aromatic heterocycles. The van der Waals surface area contributed by atoms with Crippen LogP contribution in [0.25, 0.3) is 0 Å². The predicted octanol–water partition coefficient (Wildman–Crippen LogP) is 3.47. The lowest BCUT2D eigenvalue weighted by Gasteiger charge is -2.18. The fourth-order valence-corrected chi connectivity index (χ4v) is 2.50. The van der Waals surface area contributed by atoms with Crippen molar-refractivity contribution in [2.24, 2.45) is 0 Å². The molecule has 0 spiro atoms. The number of aromatic nitrogens is 3. The Labute approximate surface area is 148 Å². The summed E-state index contributed by atoms with van der Waals surface area (Å²) in [6, 6.07) is 3.97. The number of ether oxygens (including phenoxy) is 2. The highest BCUT2D eigenvalue weighted by Crippen LogP contribution is 2.34. The number of benzene rings is 1. The molecule has 0 unspecified atom stereocenters. The van der Waals surface area contributed by atoms with Gasteiger partial charge in [-0.25, -0.2) is 9.67 Å². The molecule has 0 saturated carbocycles. The van der Waals surface area contributed by atoms with E-state index in [1.165, 1.54) is 6.33 Å². The second kappa shape index (κ2) is 8.89. The summed E-state index contributed by atoms with van der Waals surface area (Å²) < 4.78 is 13.3. The third-order valence-electron chi connectivity index (χ3n) is 3.42. The zero-order chi connectivity index (χ0) is 17.5. The van der Waals surface area contributed by atoms with Crippen molar-refractivity contribution in [2.45, 2.75) is 46.4 Å². The summed E-state index contributed by atoms with van der Waals surface area (Å²) in [7, 11) is 0. The maximum Gasteiger partial charge on any atom is 0.163 e. The van der Waals surface area contributed by atoms with E-state index >= 15 is 0 Å². The Bertz CT molecular complexity index is 632. The molecule has 24 heavy (non-hydrogen) atoms. The van der Waals surface area contributed by atoms with Crippen molar-refractivity contribution < 1.29 is 9.47 Å². The quantitative estimate of drug-likeness (QED) is 0.748. The third kappa shape index (κ3) is 5.11. The Kier molecular flexibility index (Phi) is 6.87. The van der Waals surface area contributed by atoms with E-state index in [4.69, 9.17) is 21.1 Å². The van der Waals surface area contributed by atoms with Crippen LogP contribution < -0.4 is 14.8 Å². The first-order valence-electron chi connectivity index (χ1n) is 8.18. The van der Waals surface area contributed by atoms with Gasteiger partial charge in [-0.2, -0.15) is 5.10 Å². The molecule has 0 aliphatic carbocycles. The number of hydrogen-bond acceptors (Lipinski definition) is 5. The molecule has 1 aromatic carbocycles. The van der Waals surface area contributed by atoms with Gasteiger partial charge in [0.05, 0.1) is 18.8 Å². The van der Waals surface area contributed by atoms with Gasteiger partial charge < -0.3 is 14.8 Å². The maximum atomic E-state index is 6.40. The second-order valence-electron chi connectivity index (χ2n) is 5.85. The Morgan fingerprint density at radius 3 is 2.67 bits per heavy atom. The standard InChI is InChI=1S/C17H25ClN4O2/c1-5-23-16-6-14(15(18)7-17(16)24-12(2)3)9-19-8-13(4)22-11-20-10-21-22/h6-7,10-13,19H,5,8-9H2,1-4H3/t13-/m1/s1. The Morgan fingerprint density at radius 1 is 1.25 bits per heavy atom. The zero-order valence-corrected chi connectivity index (χ0v) is 15.4. The van der Waals surface area contributed by atoms with Gasteiger partial charge in [-0.1, -0.05) is 11.6 Å². The number of halogens is 1. The molecule has 0 bridgehead atoms. The van der Waals surface area contributed by atoms with Gasteiger partial charge in [-0.3, -0.25) is 0 Å². The van der Waals surface area contributed by atoms with Gasteiger partial charge in [-0.05, 0) is 39.3 Å². The van der Waals surface area contributed by atoms with Crippen molar-refractivity contribution in [1.82, 2.24) is 20.1 Å². The minimum Gasteiger partial charge on any atom is -0.490 e. The number of hydrogen-bond donors (Lipinski definition) is 1. The van der Waals surface area contributed by atoms with Crippen LogP contribution in [0.15, 0.2) is 24.8 Å². The van der Waals surface area contributed by atoms with E-state index in [2.05, 4.69) is 22.3 Å². The van der Waals surface area contributed by atoms with Gasteiger partial charge in [0.2, 0.25) is 0 Å². The van der Waals surface area contributed by atoms with Gasteiger partial charge in [0.1, 0.15) is 12.7 Å². The highest BCUT2D eigenvalue weighted by Gasteiger charge is 2.13. The summed E-state index contributed by atoms with van der Waals surface area (Å²) in [5.41, 5.74) is 0.974. The first-order chi connectivity index (χ1) is 11.5. The lowest BCUT2D eigenvalue weighted by atomic mass is 10.2. The number of nitrogens with one attached hydrogen (secondary N) is 1. The maximum absolute atomic E-state index is 6.40. The molecular weight excluding hydrogens is 328 g/mol. The minimum atomic E-state index is 0.0628. The predicted molar refractivity (Wildman–Crippen MR) is 94.8 cm³/mol. The summed E-state index contributed by atoms with van der Waals surface area (Å²) in [6.45, 7) is 9.95. The molecule has 1 atom stereocenters. The highest BCUT2D eigenvalue weighted by atomic mass is 35.5. The molecule has 7 heteroatoms. The van der Waals surface area contributed by atoms with E-state index in [9.17, 15) is 0 Å². The average molecular weight is 353 g/mol. The van der Waals surface area contributed by atoms with Crippen LogP contribution in [0.4, 0.5) is 0 Å². The molecule has 1 N–H and O–H groups in total. The molecule has 0 saturated heterocycles. The molecule has 0 radical (unpaired) electrons. The normalized spacial score (nSPS) is 12.4. The van der Waals surface area contributed by atoms with Crippen LogP contribution in [-0.4, -0.2) is 34.0 Å². The van der Waals surface area contributed by atoms with E-state index in [0.717, 1.165) is 17.9 Å². The highest BCUT2D eigenvalue weighted by molar-refractivity contribution is 6.31. The molecular formula is C17H25ClN4O2. The topological polar surface area (TPSA) is 61.2 Å². The van der Waals surface area contributed by atoms with E-state index in [1.807, 2.05) is 37.6 Å². The van der Waals surface area contributed by atoms with Crippen LogP contribution in [-0.2, 0) is 6.54 Å². The molecule has 6 nitrogen and oxygen atoms in total. The van der Waals surface area contributed by atoms with E-state index in [1.54, 1.807) is 6.33 Å². The first-order valence-corrected chi connectivity index (χ1v) is 8.55. The van der Waals surface area contributed by atoms with Crippen molar-refractivity contribution in [3.8, 4) is 11.5 Å².